The summed E-state index contributed by atoms with van der Waals surface area (Å²) in [5, 5.41) is 0. The van der Waals surface area contributed by atoms with E-state index in [0.717, 1.165) is 14.5 Å². The number of benzene rings is 1. The van der Waals surface area contributed by atoms with Gasteiger partial charge in [0, 0.05) is 16.9 Å². The van der Waals surface area contributed by atoms with Crippen LogP contribution in [0.15, 0.2) is 55.6 Å². The van der Waals surface area contributed by atoms with Crippen molar-refractivity contribution >= 4 is 44.0 Å². The van der Waals surface area contributed by atoms with E-state index in [4.69, 9.17) is 15.2 Å². The van der Waals surface area contributed by atoms with Crippen LogP contribution in [0.1, 0.15) is 5.56 Å². The van der Waals surface area contributed by atoms with E-state index >= 15 is 0 Å². The molecule has 0 radical (unpaired) electrons. The molecule has 0 saturated carbocycles. The number of ether oxygens (including phenoxy) is 2. The highest BCUT2D eigenvalue weighted by Crippen LogP contribution is 2.29. The summed E-state index contributed by atoms with van der Waals surface area (Å²) < 4.78 is 13.3. The number of aliphatic imine (C=N–C) groups is 2. The molecule has 1 aliphatic rings. The van der Waals surface area contributed by atoms with E-state index in [1.54, 1.807) is 12.4 Å². The van der Waals surface area contributed by atoms with Gasteiger partial charge in [-0.05, 0) is 33.6 Å². The van der Waals surface area contributed by atoms with Gasteiger partial charge in [0.25, 0.3) is 0 Å². The van der Waals surface area contributed by atoms with Gasteiger partial charge in [0.15, 0.2) is 5.60 Å². The fraction of sp³-hybridized carbons (Fsp3) is 0.250. The van der Waals surface area contributed by atoms with Crippen LogP contribution in [0.3, 0.4) is 0 Å². The van der Waals surface area contributed by atoms with Crippen molar-refractivity contribution in [1.82, 2.24) is 9.97 Å². The largest absolute Gasteiger partial charge is 0.461 e. The van der Waals surface area contributed by atoms with Crippen LogP contribution >= 0.6 is 31.9 Å². The van der Waals surface area contributed by atoms with E-state index in [2.05, 4.69) is 51.8 Å². The van der Waals surface area contributed by atoms with E-state index in [-0.39, 0.29) is 19.2 Å². The van der Waals surface area contributed by atoms with Gasteiger partial charge in [-0.15, -0.1) is 0 Å². The van der Waals surface area contributed by atoms with Crippen molar-refractivity contribution < 1.29 is 9.47 Å². The van der Waals surface area contributed by atoms with Gasteiger partial charge in [-0.3, -0.25) is 4.99 Å². The SMILES string of the molecule is NC1=NC=NCC1(OCCOc1ncc(Br)cn1)c1ccc(Br)cc1. The molecule has 2 aromatic rings. The fourth-order valence-electron chi connectivity index (χ4n) is 2.34. The maximum Gasteiger partial charge on any atom is 0.316 e. The third-order valence-electron chi connectivity index (χ3n) is 3.58. The lowest BCUT2D eigenvalue weighted by atomic mass is 9.91. The Bertz CT molecular complexity index is 780. The second kappa shape index (κ2) is 8.03. The first-order valence-electron chi connectivity index (χ1n) is 7.42. The molecule has 1 atom stereocenters. The molecule has 0 fully saturated rings. The maximum atomic E-state index is 6.15. The van der Waals surface area contributed by atoms with Crippen molar-refractivity contribution in [2.45, 2.75) is 5.60 Å². The average Bonchev–Trinajstić information content (AvgIpc) is 2.62. The molecule has 0 spiro atoms. The molecule has 2 heterocycles. The number of hydrogen-bond donors (Lipinski definition) is 1. The number of rotatable bonds is 6. The Labute approximate surface area is 161 Å². The first-order chi connectivity index (χ1) is 12.1. The molecule has 130 valence electrons. The zero-order valence-electron chi connectivity index (χ0n) is 13.1. The summed E-state index contributed by atoms with van der Waals surface area (Å²) in [5.41, 5.74) is 6.13. The highest BCUT2D eigenvalue weighted by molar-refractivity contribution is 9.10. The van der Waals surface area contributed by atoms with Crippen LogP contribution in [-0.2, 0) is 10.3 Å². The van der Waals surface area contributed by atoms with Gasteiger partial charge < -0.3 is 15.2 Å². The number of nitrogens with two attached hydrogens (primary N) is 1. The molecule has 9 heteroatoms. The zero-order valence-corrected chi connectivity index (χ0v) is 16.3. The van der Waals surface area contributed by atoms with Gasteiger partial charge in [-0.25, -0.2) is 15.0 Å². The summed E-state index contributed by atoms with van der Waals surface area (Å²) in [7, 11) is 0. The van der Waals surface area contributed by atoms with Crippen molar-refractivity contribution in [1.29, 1.82) is 0 Å². The van der Waals surface area contributed by atoms with E-state index in [9.17, 15) is 0 Å². The molecule has 1 aromatic carbocycles. The number of aromatic nitrogens is 2. The highest BCUT2D eigenvalue weighted by Gasteiger charge is 2.39. The smallest absolute Gasteiger partial charge is 0.316 e. The average molecular weight is 469 g/mol. The molecule has 1 aliphatic heterocycles. The Morgan fingerprint density at radius 1 is 1.04 bits per heavy atom. The first-order valence-corrected chi connectivity index (χ1v) is 9.01. The third-order valence-corrected chi connectivity index (χ3v) is 4.51. The van der Waals surface area contributed by atoms with Gasteiger partial charge in [0.05, 0.1) is 17.6 Å². The quantitative estimate of drug-likeness (QED) is 0.657. The molecule has 0 amide bonds. The first kappa shape index (κ1) is 18.0. The maximum absolute atomic E-state index is 6.15. The highest BCUT2D eigenvalue weighted by atomic mass is 79.9. The predicted octanol–water partition coefficient (Wildman–Crippen LogP) is 2.69. The van der Waals surface area contributed by atoms with Crippen LogP contribution in [-0.4, -0.2) is 41.9 Å². The number of amidine groups is 1. The van der Waals surface area contributed by atoms with E-state index in [1.807, 2.05) is 24.3 Å². The minimum Gasteiger partial charge on any atom is -0.461 e. The lowest BCUT2D eigenvalue weighted by Gasteiger charge is -2.33. The van der Waals surface area contributed by atoms with Gasteiger partial charge >= 0.3 is 6.01 Å². The van der Waals surface area contributed by atoms with Crippen LogP contribution in [0.4, 0.5) is 0 Å². The van der Waals surface area contributed by atoms with Crippen LogP contribution < -0.4 is 10.5 Å². The van der Waals surface area contributed by atoms with Gasteiger partial charge in [-0.2, -0.15) is 0 Å². The molecular formula is C16H15Br2N5O2. The predicted molar refractivity (Wildman–Crippen MR) is 102 cm³/mol. The molecule has 7 nitrogen and oxygen atoms in total. The lowest BCUT2D eigenvalue weighted by molar-refractivity contribution is -0.00678. The van der Waals surface area contributed by atoms with E-state index in [1.165, 1.54) is 6.34 Å². The standard InChI is InChI=1S/C16H15Br2N5O2/c17-12-3-1-11(2-4-12)16(9-20-10-23-14(16)19)25-6-5-24-15-21-7-13(18)8-22-15/h1-4,7-8,10H,5-6,9H2,(H2,19,20,23). The Morgan fingerprint density at radius 2 is 1.76 bits per heavy atom. The summed E-state index contributed by atoms with van der Waals surface area (Å²) in [4.78, 5) is 16.5. The molecule has 2 N–H and O–H groups in total. The van der Waals surface area contributed by atoms with E-state index in [0.29, 0.717) is 12.4 Å². The molecular weight excluding hydrogens is 454 g/mol. The van der Waals surface area contributed by atoms with Gasteiger partial charge in [0.1, 0.15) is 18.8 Å². The summed E-state index contributed by atoms with van der Waals surface area (Å²) in [6, 6.07) is 8.02. The number of nitrogens with zero attached hydrogens (tertiary/aromatic N) is 4. The van der Waals surface area contributed by atoms with Crippen molar-refractivity contribution in [2.24, 2.45) is 15.7 Å². The van der Waals surface area contributed by atoms with Crippen LogP contribution in [0, 0.1) is 0 Å². The Balaban J connectivity index is 1.68. The second-order valence-electron chi connectivity index (χ2n) is 5.19. The molecule has 25 heavy (non-hydrogen) atoms. The monoisotopic (exact) mass is 467 g/mol. The summed E-state index contributed by atoms with van der Waals surface area (Å²) >= 11 is 6.70. The van der Waals surface area contributed by atoms with Crippen molar-refractivity contribution in [3.8, 4) is 6.01 Å². The minimum absolute atomic E-state index is 0.275. The van der Waals surface area contributed by atoms with Crippen LogP contribution in [0.2, 0.25) is 0 Å². The van der Waals surface area contributed by atoms with Crippen molar-refractivity contribution in [3.05, 3.63) is 51.2 Å². The molecule has 0 bridgehead atoms. The third kappa shape index (κ3) is 4.23. The van der Waals surface area contributed by atoms with E-state index < -0.39 is 5.60 Å². The van der Waals surface area contributed by atoms with Gasteiger partial charge in [-0.1, -0.05) is 28.1 Å². The van der Waals surface area contributed by atoms with Crippen molar-refractivity contribution in [2.75, 3.05) is 19.8 Å². The molecule has 0 aliphatic carbocycles. The fourth-order valence-corrected chi connectivity index (χ4v) is 2.81. The molecule has 1 unspecified atom stereocenters. The summed E-state index contributed by atoms with van der Waals surface area (Å²) in [6.45, 7) is 0.914. The molecule has 3 rings (SSSR count). The Morgan fingerprint density at radius 3 is 2.44 bits per heavy atom. The van der Waals surface area contributed by atoms with Gasteiger partial charge in [0.2, 0.25) is 0 Å². The number of halogens is 2. The zero-order chi connectivity index (χ0) is 17.7. The topological polar surface area (TPSA) is 95.0 Å². The number of hydrogen-bond acceptors (Lipinski definition) is 7. The molecule has 1 aromatic heterocycles. The Hall–Kier alpha value is -1.84. The summed E-state index contributed by atoms with van der Waals surface area (Å²) in [5.74, 6) is 0.365. The second-order valence-corrected chi connectivity index (χ2v) is 7.02. The summed E-state index contributed by atoms with van der Waals surface area (Å²) in [6.07, 6.45) is 4.68. The minimum atomic E-state index is -0.903. The normalized spacial score (nSPS) is 19.5. The van der Waals surface area contributed by atoms with Crippen LogP contribution in [0.5, 0.6) is 6.01 Å². The van der Waals surface area contributed by atoms with Crippen LogP contribution in [0.25, 0.3) is 0 Å². The lowest BCUT2D eigenvalue weighted by Crippen LogP contribution is -2.48. The Kier molecular flexibility index (Phi) is 5.77. The van der Waals surface area contributed by atoms with Crippen molar-refractivity contribution in [3.63, 3.8) is 0 Å². The molecule has 0 saturated heterocycles.